The normalized spacial score (nSPS) is 19.6. The largest absolute Gasteiger partial charge is 0.449 e. The number of morpholine rings is 1. The third kappa shape index (κ3) is 4.40. The lowest BCUT2D eigenvalue weighted by molar-refractivity contribution is -0.129. The molecule has 1 aromatic carbocycles. The first-order valence-electron chi connectivity index (χ1n) is 8.57. The molecule has 2 fully saturated rings. The van der Waals surface area contributed by atoms with E-state index in [1.165, 1.54) is 35.5 Å². The monoisotopic (exact) mass is 382 g/mol. The van der Waals surface area contributed by atoms with E-state index in [0.29, 0.717) is 26.3 Å². The predicted molar refractivity (Wildman–Crippen MR) is 92.1 cm³/mol. The third-order valence-corrected chi connectivity index (χ3v) is 6.19. The molecule has 26 heavy (non-hydrogen) atoms. The Hall–Kier alpha value is -1.97. The molecule has 1 N–H and O–H groups in total. The molecule has 1 aliphatic carbocycles. The third-order valence-electron chi connectivity index (χ3n) is 4.27. The molecule has 0 aromatic heterocycles. The van der Waals surface area contributed by atoms with Crippen LogP contribution < -0.4 is 5.32 Å². The minimum absolute atomic E-state index is 0.107. The highest BCUT2D eigenvalue weighted by atomic mass is 32.2. The van der Waals surface area contributed by atoms with Gasteiger partial charge in [0.1, 0.15) is 0 Å². The molecule has 9 heteroatoms. The molecule has 0 bridgehead atoms. The molecule has 1 saturated carbocycles. The van der Waals surface area contributed by atoms with Crippen molar-refractivity contribution in [3.63, 3.8) is 0 Å². The maximum atomic E-state index is 12.5. The molecule has 0 spiro atoms. The molecule has 1 atom stereocenters. The van der Waals surface area contributed by atoms with Gasteiger partial charge in [0.15, 0.2) is 6.10 Å². The fraction of sp³-hybridized carbons (Fsp3) is 0.529. The number of hydrogen-bond donors (Lipinski definition) is 1. The standard InChI is InChI=1S/C17H22N2O6S/c1-12(16(20)18-14-4-5-14)25-17(21)13-2-6-15(7-3-13)26(22,23)19-8-10-24-11-9-19/h2-3,6-7,12,14H,4-5,8-11H2,1H3,(H,18,20)/t12-/m1/s1. The molecule has 1 amide bonds. The molecule has 1 aliphatic heterocycles. The Balaban J connectivity index is 1.62. The number of nitrogens with one attached hydrogen (secondary N) is 1. The summed E-state index contributed by atoms with van der Waals surface area (Å²) in [6.07, 6.45) is 0.997. The van der Waals surface area contributed by atoms with Crippen molar-refractivity contribution in [2.24, 2.45) is 0 Å². The summed E-state index contributed by atoms with van der Waals surface area (Å²) < 4.78 is 36.8. The van der Waals surface area contributed by atoms with Crippen molar-refractivity contribution in [2.45, 2.75) is 36.8 Å². The number of nitrogens with zero attached hydrogens (tertiary/aromatic N) is 1. The summed E-state index contributed by atoms with van der Waals surface area (Å²) in [6, 6.07) is 5.71. The number of carbonyl (C=O) groups excluding carboxylic acids is 2. The number of esters is 1. The summed E-state index contributed by atoms with van der Waals surface area (Å²) in [5, 5.41) is 2.76. The summed E-state index contributed by atoms with van der Waals surface area (Å²) in [6.45, 7) is 2.85. The lowest BCUT2D eigenvalue weighted by Crippen LogP contribution is -2.40. The summed E-state index contributed by atoms with van der Waals surface area (Å²) in [5.41, 5.74) is 0.192. The van der Waals surface area contributed by atoms with E-state index in [9.17, 15) is 18.0 Å². The van der Waals surface area contributed by atoms with Gasteiger partial charge in [0, 0.05) is 19.1 Å². The lowest BCUT2D eigenvalue weighted by atomic mass is 10.2. The van der Waals surface area contributed by atoms with Crippen LogP contribution in [0.15, 0.2) is 29.2 Å². The van der Waals surface area contributed by atoms with Crippen molar-refractivity contribution in [1.29, 1.82) is 0 Å². The number of hydrogen-bond acceptors (Lipinski definition) is 6. The number of benzene rings is 1. The van der Waals surface area contributed by atoms with Gasteiger partial charge < -0.3 is 14.8 Å². The summed E-state index contributed by atoms with van der Waals surface area (Å²) in [4.78, 5) is 24.1. The van der Waals surface area contributed by atoms with Gasteiger partial charge in [0.2, 0.25) is 10.0 Å². The van der Waals surface area contributed by atoms with E-state index in [1.54, 1.807) is 0 Å². The van der Waals surface area contributed by atoms with E-state index in [1.807, 2.05) is 0 Å². The van der Waals surface area contributed by atoms with Gasteiger partial charge in [-0.1, -0.05) is 0 Å². The molecule has 142 valence electrons. The van der Waals surface area contributed by atoms with Crippen LogP contribution in [-0.4, -0.2) is 63.0 Å². The zero-order valence-electron chi connectivity index (χ0n) is 14.5. The Morgan fingerprint density at radius 3 is 2.38 bits per heavy atom. The second-order valence-corrected chi connectivity index (χ2v) is 8.31. The van der Waals surface area contributed by atoms with Crippen LogP contribution in [0.1, 0.15) is 30.1 Å². The fourth-order valence-corrected chi connectivity index (χ4v) is 3.94. The predicted octanol–water partition coefficient (Wildman–Crippen LogP) is 0.531. The highest BCUT2D eigenvalue weighted by Gasteiger charge is 2.28. The first kappa shape index (κ1) is 18.8. The maximum absolute atomic E-state index is 12.5. The number of rotatable bonds is 6. The van der Waals surface area contributed by atoms with Gasteiger partial charge in [-0.25, -0.2) is 13.2 Å². The smallest absolute Gasteiger partial charge is 0.338 e. The van der Waals surface area contributed by atoms with Gasteiger partial charge in [0.25, 0.3) is 5.91 Å². The van der Waals surface area contributed by atoms with Crippen LogP contribution in [0.5, 0.6) is 0 Å². The average molecular weight is 382 g/mol. The van der Waals surface area contributed by atoms with Crippen molar-refractivity contribution in [3.8, 4) is 0 Å². The van der Waals surface area contributed by atoms with Crippen LogP contribution in [0, 0.1) is 0 Å². The number of amides is 1. The Morgan fingerprint density at radius 2 is 1.81 bits per heavy atom. The van der Waals surface area contributed by atoms with Crippen LogP contribution in [-0.2, 0) is 24.3 Å². The van der Waals surface area contributed by atoms with Crippen molar-refractivity contribution in [1.82, 2.24) is 9.62 Å². The molecular weight excluding hydrogens is 360 g/mol. The molecule has 0 unspecified atom stereocenters. The Labute approximate surface area is 152 Å². The lowest BCUT2D eigenvalue weighted by Gasteiger charge is -2.26. The van der Waals surface area contributed by atoms with Gasteiger partial charge in [-0.15, -0.1) is 0 Å². The number of ether oxygens (including phenoxy) is 2. The van der Waals surface area contributed by atoms with Crippen molar-refractivity contribution >= 4 is 21.9 Å². The SMILES string of the molecule is C[C@@H](OC(=O)c1ccc(S(=O)(=O)N2CCOCC2)cc1)C(=O)NC1CC1. The second kappa shape index (κ2) is 7.73. The topological polar surface area (TPSA) is 102 Å². The minimum Gasteiger partial charge on any atom is -0.449 e. The van der Waals surface area contributed by atoms with E-state index < -0.39 is 22.1 Å². The van der Waals surface area contributed by atoms with E-state index in [0.717, 1.165) is 12.8 Å². The summed E-state index contributed by atoms with van der Waals surface area (Å²) >= 11 is 0. The molecule has 1 aromatic rings. The van der Waals surface area contributed by atoms with Crippen LogP contribution in [0.2, 0.25) is 0 Å². The molecule has 0 radical (unpaired) electrons. The van der Waals surface area contributed by atoms with E-state index in [-0.39, 0.29) is 22.4 Å². The first-order chi connectivity index (χ1) is 12.4. The Morgan fingerprint density at radius 1 is 1.19 bits per heavy atom. The fourth-order valence-electron chi connectivity index (χ4n) is 2.53. The highest BCUT2D eigenvalue weighted by molar-refractivity contribution is 7.89. The zero-order valence-corrected chi connectivity index (χ0v) is 15.3. The Kier molecular flexibility index (Phi) is 5.59. The van der Waals surface area contributed by atoms with Crippen molar-refractivity contribution < 1.29 is 27.5 Å². The molecule has 3 rings (SSSR count). The zero-order chi connectivity index (χ0) is 18.7. The summed E-state index contributed by atoms with van der Waals surface area (Å²) in [5.74, 6) is -0.994. The number of sulfonamides is 1. The molecule has 1 heterocycles. The highest BCUT2D eigenvalue weighted by Crippen LogP contribution is 2.20. The summed E-state index contributed by atoms with van der Waals surface area (Å²) in [7, 11) is -3.61. The van der Waals surface area contributed by atoms with Crippen molar-refractivity contribution in [2.75, 3.05) is 26.3 Å². The van der Waals surface area contributed by atoms with Gasteiger partial charge in [-0.2, -0.15) is 4.31 Å². The van der Waals surface area contributed by atoms with Gasteiger partial charge in [-0.3, -0.25) is 4.79 Å². The maximum Gasteiger partial charge on any atom is 0.338 e. The van der Waals surface area contributed by atoms with Gasteiger partial charge >= 0.3 is 5.97 Å². The molecule has 8 nitrogen and oxygen atoms in total. The van der Waals surface area contributed by atoms with E-state index >= 15 is 0 Å². The van der Waals surface area contributed by atoms with Gasteiger partial charge in [0.05, 0.1) is 23.7 Å². The van der Waals surface area contributed by atoms with Crippen LogP contribution >= 0.6 is 0 Å². The molecule has 1 saturated heterocycles. The minimum atomic E-state index is -3.61. The van der Waals surface area contributed by atoms with Crippen LogP contribution in [0.25, 0.3) is 0 Å². The van der Waals surface area contributed by atoms with Crippen molar-refractivity contribution in [3.05, 3.63) is 29.8 Å². The Bertz CT molecular complexity index is 767. The molecule has 2 aliphatic rings. The van der Waals surface area contributed by atoms with Gasteiger partial charge in [-0.05, 0) is 44.0 Å². The van der Waals surface area contributed by atoms with Crippen LogP contribution in [0.4, 0.5) is 0 Å². The average Bonchev–Trinajstić information content (AvgIpc) is 3.46. The molecular formula is C17H22N2O6S. The van der Waals surface area contributed by atoms with E-state index in [2.05, 4.69) is 5.32 Å². The van der Waals surface area contributed by atoms with E-state index in [4.69, 9.17) is 9.47 Å². The second-order valence-electron chi connectivity index (χ2n) is 6.37. The van der Waals surface area contributed by atoms with Crippen LogP contribution in [0.3, 0.4) is 0 Å². The number of carbonyl (C=O) groups is 2. The first-order valence-corrected chi connectivity index (χ1v) is 10.0. The quantitative estimate of drug-likeness (QED) is 0.720.